The maximum Gasteiger partial charge on any atom is 0.416 e. The summed E-state index contributed by atoms with van der Waals surface area (Å²) in [4.78, 5) is 25.4. The minimum Gasteiger partial charge on any atom is -0.368 e. The highest BCUT2D eigenvalue weighted by Gasteiger charge is 2.31. The fourth-order valence-electron chi connectivity index (χ4n) is 4.29. The Morgan fingerprint density at radius 1 is 1.05 bits per heavy atom. The molecule has 3 N–H and O–H groups in total. The Bertz CT molecular complexity index is 1370. The SMILES string of the molecule is Cc1ccc(C(=O)Nc2cc(CCCN3CCN(C)CC3)cc(C(F)(F)F)c2)cc1C#Cc1cnc(N)nc1. The minimum atomic E-state index is -4.52. The van der Waals surface area contributed by atoms with Crippen molar-refractivity contribution in [3.05, 3.63) is 82.2 Å². The molecule has 1 aliphatic rings. The third-order valence-corrected chi connectivity index (χ3v) is 6.63. The fraction of sp³-hybridized carbons (Fsp3) is 0.345. The number of likely N-dealkylation sites (N-methyl/N-ethyl adjacent to an activating group) is 1. The van der Waals surface area contributed by atoms with Crippen LogP contribution >= 0.6 is 0 Å². The van der Waals surface area contributed by atoms with Crippen LogP contribution in [0.15, 0.2) is 48.8 Å². The van der Waals surface area contributed by atoms with E-state index >= 15 is 0 Å². The van der Waals surface area contributed by atoms with Crippen LogP contribution in [-0.4, -0.2) is 65.4 Å². The maximum atomic E-state index is 13.6. The van der Waals surface area contributed by atoms with Crippen molar-refractivity contribution < 1.29 is 18.0 Å². The number of nitrogens with one attached hydrogen (secondary N) is 1. The van der Waals surface area contributed by atoms with Crippen molar-refractivity contribution >= 4 is 17.5 Å². The molecule has 39 heavy (non-hydrogen) atoms. The molecule has 0 radical (unpaired) electrons. The highest BCUT2D eigenvalue weighted by Crippen LogP contribution is 2.32. The molecule has 1 aliphatic heterocycles. The lowest BCUT2D eigenvalue weighted by Crippen LogP contribution is -2.44. The van der Waals surface area contributed by atoms with Gasteiger partial charge in [0.1, 0.15) is 0 Å². The molecule has 3 aromatic rings. The molecular formula is C29H31F3N6O. The Labute approximate surface area is 226 Å². The van der Waals surface area contributed by atoms with Crippen molar-refractivity contribution in [2.24, 2.45) is 0 Å². The standard InChI is InChI=1S/C29H31F3N6O/c1-20-5-7-24(16-23(20)8-6-22-18-34-28(33)35-19-22)27(39)36-26-15-21(14-25(17-26)29(30,31)32)4-3-9-38-12-10-37(2)11-13-38/h5,7,14-19H,3-4,9-13H2,1-2H3,(H,36,39)(H2,33,34,35). The minimum absolute atomic E-state index is 0.108. The second-order valence-corrected chi connectivity index (χ2v) is 9.73. The molecular weight excluding hydrogens is 505 g/mol. The van der Waals surface area contributed by atoms with Crippen molar-refractivity contribution in [1.29, 1.82) is 0 Å². The average molecular weight is 537 g/mol. The van der Waals surface area contributed by atoms with Crippen molar-refractivity contribution in [2.45, 2.75) is 25.9 Å². The number of nitrogens with two attached hydrogens (primary N) is 1. The van der Waals surface area contributed by atoms with E-state index in [-0.39, 0.29) is 17.2 Å². The van der Waals surface area contributed by atoms with Crippen LogP contribution in [-0.2, 0) is 12.6 Å². The average Bonchev–Trinajstić information content (AvgIpc) is 2.89. The second kappa shape index (κ2) is 12.3. The van der Waals surface area contributed by atoms with Gasteiger partial charge in [0.15, 0.2) is 0 Å². The highest BCUT2D eigenvalue weighted by molar-refractivity contribution is 6.04. The predicted molar refractivity (Wildman–Crippen MR) is 145 cm³/mol. The molecule has 7 nitrogen and oxygen atoms in total. The van der Waals surface area contributed by atoms with Gasteiger partial charge in [-0.2, -0.15) is 13.2 Å². The van der Waals surface area contributed by atoms with Gasteiger partial charge in [-0.05, 0) is 74.8 Å². The molecule has 1 fully saturated rings. The van der Waals surface area contributed by atoms with Gasteiger partial charge in [0.05, 0.1) is 11.1 Å². The Morgan fingerprint density at radius 3 is 2.46 bits per heavy atom. The van der Waals surface area contributed by atoms with Gasteiger partial charge >= 0.3 is 6.18 Å². The third-order valence-electron chi connectivity index (χ3n) is 6.63. The smallest absolute Gasteiger partial charge is 0.368 e. The summed E-state index contributed by atoms with van der Waals surface area (Å²) in [7, 11) is 2.08. The Hall–Kier alpha value is -3.94. The largest absolute Gasteiger partial charge is 0.416 e. The van der Waals surface area contributed by atoms with Gasteiger partial charge in [-0.15, -0.1) is 0 Å². The molecule has 0 atom stereocenters. The van der Waals surface area contributed by atoms with Crippen LogP contribution in [0.25, 0.3) is 0 Å². The molecule has 0 aliphatic carbocycles. The topological polar surface area (TPSA) is 87.4 Å². The summed E-state index contributed by atoms with van der Waals surface area (Å²) in [5.74, 6) is 5.55. The van der Waals surface area contributed by atoms with Crippen LogP contribution < -0.4 is 11.1 Å². The van der Waals surface area contributed by atoms with Crippen LogP contribution in [0, 0.1) is 18.8 Å². The molecule has 0 saturated carbocycles. The number of benzene rings is 2. The number of nitrogen functional groups attached to an aromatic ring is 1. The molecule has 0 spiro atoms. The van der Waals surface area contributed by atoms with Crippen molar-refractivity contribution in [2.75, 3.05) is 50.8 Å². The van der Waals surface area contributed by atoms with Gasteiger partial charge in [-0.1, -0.05) is 17.9 Å². The first-order valence-corrected chi connectivity index (χ1v) is 12.7. The number of rotatable bonds is 6. The molecule has 204 valence electrons. The van der Waals surface area contributed by atoms with E-state index in [0.29, 0.717) is 23.1 Å². The van der Waals surface area contributed by atoms with Gasteiger partial charge in [0, 0.05) is 55.4 Å². The number of hydrogen-bond acceptors (Lipinski definition) is 6. The molecule has 1 saturated heterocycles. The molecule has 4 rings (SSSR count). The number of carbonyl (C=O) groups excluding carboxylic acids is 1. The molecule has 2 aromatic carbocycles. The lowest BCUT2D eigenvalue weighted by atomic mass is 10.0. The fourth-order valence-corrected chi connectivity index (χ4v) is 4.29. The lowest BCUT2D eigenvalue weighted by molar-refractivity contribution is -0.137. The van der Waals surface area contributed by atoms with Crippen molar-refractivity contribution in [1.82, 2.24) is 19.8 Å². The van der Waals surface area contributed by atoms with E-state index in [4.69, 9.17) is 5.73 Å². The number of amides is 1. The van der Waals surface area contributed by atoms with Crippen LogP contribution in [0.2, 0.25) is 0 Å². The summed E-state index contributed by atoms with van der Waals surface area (Å²) in [5.41, 5.74) is 7.65. The Kier molecular flexibility index (Phi) is 8.84. The third kappa shape index (κ3) is 8.02. The summed E-state index contributed by atoms with van der Waals surface area (Å²) in [6, 6.07) is 8.73. The lowest BCUT2D eigenvalue weighted by Gasteiger charge is -2.32. The summed E-state index contributed by atoms with van der Waals surface area (Å²) >= 11 is 0. The number of carbonyl (C=O) groups is 1. The predicted octanol–water partition coefficient (Wildman–Crippen LogP) is 4.22. The summed E-state index contributed by atoms with van der Waals surface area (Å²) in [6.45, 7) is 6.56. The number of aromatic nitrogens is 2. The van der Waals surface area contributed by atoms with Crippen LogP contribution in [0.5, 0.6) is 0 Å². The van der Waals surface area contributed by atoms with E-state index in [1.807, 2.05) is 6.92 Å². The van der Waals surface area contributed by atoms with Gasteiger partial charge in [-0.3, -0.25) is 4.79 Å². The van der Waals surface area contributed by atoms with E-state index in [0.717, 1.165) is 50.8 Å². The van der Waals surface area contributed by atoms with Crippen molar-refractivity contribution in [3.8, 4) is 11.8 Å². The number of hydrogen-bond donors (Lipinski definition) is 2. The second-order valence-electron chi connectivity index (χ2n) is 9.73. The number of nitrogens with zero attached hydrogens (tertiary/aromatic N) is 4. The number of anilines is 2. The van der Waals surface area contributed by atoms with Crippen LogP contribution in [0.1, 0.15) is 44.6 Å². The zero-order chi connectivity index (χ0) is 28.0. The molecule has 0 bridgehead atoms. The van der Waals surface area contributed by atoms with E-state index in [2.05, 4.69) is 44.0 Å². The summed E-state index contributed by atoms with van der Waals surface area (Å²) in [6.07, 6.45) is -0.309. The molecule has 1 amide bonds. The Morgan fingerprint density at radius 2 is 1.77 bits per heavy atom. The van der Waals surface area contributed by atoms with Gasteiger partial charge in [0.2, 0.25) is 5.95 Å². The Balaban J connectivity index is 1.48. The van der Waals surface area contributed by atoms with Crippen molar-refractivity contribution in [3.63, 3.8) is 0 Å². The van der Waals surface area contributed by atoms with Gasteiger partial charge in [0.25, 0.3) is 5.91 Å². The number of aryl methyl sites for hydroxylation is 2. The molecule has 10 heteroatoms. The summed E-state index contributed by atoms with van der Waals surface area (Å²) < 4.78 is 40.9. The molecule has 1 aromatic heterocycles. The first-order valence-electron chi connectivity index (χ1n) is 12.7. The van der Waals surface area contributed by atoms with E-state index < -0.39 is 17.6 Å². The number of piperazine rings is 1. The van der Waals surface area contributed by atoms with Crippen LogP contribution in [0.3, 0.4) is 0 Å². The number of halogens is 3. The van der Waals surface area contributed by atoms with E-state index in [1.54, 1.807) is 24.3 Å². The van der Waals surface area contributed by atoms with Crippen LogP contribution in [0.4, 0.5) is 24.8 Å². The summed E-state index contributed by atoms with van der Waals surface area (Å²) in [5, 5.41) is 2.65. The van der Waals surface area contributed by atoms with Gasteiger partial charge in [-0.25, -0.2) is 9.97 Å². The van der Waals surface area contributed by atoms with E-state index in [1.165, 1.54) is 18.5 Å². The first kappa shape index (κ1) is 28.1. The normalized spacial score (nSPS) is 14.5. The number of alkyl halides is 3. The quantitative estimate of drug-likeness (QED) is 0.459. The molecule has 2 heterocycles. The maximum absolute atomic E-state index is 13.6. The zero-order valence-corrected chi connectivity index (χ0v) is 22.0. The first-order chi connectivity index (χ1) is 18.6. The molecule has 0 unspecified atom stereocenters. The zero-order valence-electron chi connectivity index (χ0n) is 22.0. The highest BCUT2D eigenvalue weighted by atomic mass is 19.4. The monoisotopic (exact) mass is 536 g/mol. The van der Waals surface area contributed by atoms with Gasteiger partial charge < -0.3 is 20.9 Å². The van der Waals surface area contributed by atoms with E-state index in [9.17, 15) is 18.0 Å².